The highest BCUT2D eigenvalue weighted by molar-refractivity contribution is 5.86. The lowest BCUT2D eigenvalue weighted by Gasteiger charge is -2.21. The number of ether oxygens (including phenoxy) is 1. The van der Waals surface area contributed by atoms with Crippen molar-refractivity contribution in [2.45, 2.75) is 32.4 Å². The van der Waals surface area contributed by atoms with E-state index >= 15 is 0 Å². The Morgan fingerprint density at radius 3 is 2.79 bits per heavy atom. The van der Waals surface area contributed by atoms with Crippen molar-refractivity contribution in [3.8, 4) is 0 Å². The molecular weight excluding hydrogens is 312 g/mol. The van der Waals surface area contributed by atoms with Gasteiger partial charge in [-0.05, 0) is 25.3 Å². The van der Waals surface area contributed by atoms with Crippen LogP contribution >= 0.6 is 0 Å². The lowest BCUT2D eigenvalue weighted by molar-refractivity contribution is 0.0689. The van der Waals surface area contributed by atoms with Crippen LogP contribution in [0.1, 0.15) is 46.6 Å². The monoisotopic (exact) mass is 330 g/mol. The molecule has 1 aromatic heterocycles. The van der Waals surface area contributed by atoms with Gasteiger partial charge in [0.15, 0.2) is 5.69 Å². The van der Waals surface area contributed by atoms with Crippen molar-refractivity contribution in [3.05, 3.63) is 53.2 Å². The highest BCUT2D eigenvalue weighted by Crippen LogP contribution is 2.33. The summed E-state index contributed by atoms with van der Waals surface area (Å²) >= 11 is 0. The van der Waals surface area contributed by atoms with E-state index in [9.17, 15) is 9.59 Å². The Kier molecular flexibility index (Phi) is 4.50. The van der Waals surface area contributed by atoms with Gasteiger partial charge in [-0.1, -0.05) is 30.3 Å². The fourth-order valence-electron chi connectivity index (χ4n) is 2.80. The summed E-state index contributed by atoms with van der Waals surface area (Å²) in [6.07, 6.45) is 1.00. The molecule has 0 unspecified atom stereocenters. The van der Waals surface area contributed by atoms with Crippen molar-refractivity contribution in [2.75, 3.05) is 6.54 Å². The number of carbonyl (C=O) groups excluding carboxylic acids is 1. The van der Waals surface area contributed by atoms with Gasteiger partial charge in [-0.3, -0.25) is 4.90 Å². The molecule has 7 nitrogen and oxygen atoms in total. The molecule has 1 saturated heterocycles. The van der Waals surface area contributed by atoms with Crippen LogP contribution in [0.2, 0.25) is 0 Å². The summed E-state index contributed by atoms with van der Waals surface area (Å²) in [5.41, 5.74) is 0.788. The molecule has 126 valence electrons. The van der Waals surface area contributed by atoms with Gasteiger partial charge in [-0.2, -0.15) is 0 Å². The van der Waals surface area contributed by atoms with Gasteiger partial charge in [-0.15, -0.1) is 0 Å². The third kappa shape index (κ3) is 3.24. The van der Waals surface area contributed by atoms with E-state index < -0.39 is 12.1 Å². The third-order valence-corrected chi connectivity index (χ3v) is 3.99. The van der Waals surface area contributed by atoms with E-state index in [0.29, 0.717) is 13.0 Å². The lowest BCUT2D eigenvalue weighted by atomic mass is 10.2. The van der Waals surface area contributed by atoms with Crippen LogP contribution in [0, 0.1) is 6.92 Å². The Bertz CT molecular complexity index is 741. The zero-order valence-corrected chi connectivity index (χ0v) is 13.3. The zero-order valence-electron chi connectivity index (χ0n) is 13.3. The number of aromatic nitrogens is 1. The van der Waals surface area contributed by atoms with E-state index in [4.69, 9.17) is 14.3 Å². The first-order valence-corrected chi connectivity index (χ1v) is 7.74. The fraction of sp³-hybridized carbons (Fsp3) is 0.353. The molecule has 2 aromatic rings. The van der Waals surface area contributed by atoms with E-state index in [2.05, 4.69) is 4.98 Å². The predicted molar refractivity (Wildman–Crippen MR) is 83.5 cm³/mol. The number of aryl methyl sites for hydroxylation is 1. The molecule has 1 atom stereocenters. The molecule has 1 aliphatic heterocycles. The van der Waals surface area contributed by atoms with Crippen molar-refractivity contribution in [1.29, 1.82) is 0 Å². The Hall–Kier alpha value is -2.83. The minimum absolute atomic E-state index is 0.116. The van der Waals surface area contributed by atoms with Crippen LogP contribution in [0.25, 0.3) is 0 Å². The minimum atomic E-state index is -1.14. The summed E-state index contributed by atoms with van der Waals surface area (Å²) in [4.78, 5) is 29.0. The normalized spacial score (nSPS) is 17.0. The van der Waals surface area contributed by atoms with Crippen LogP contribution in [-0.4, -0.2) is 33.6 Å². The summed E-state index contributed by atoms with van der Waals surface area (Å²) in [5.74, 6) is -0.653. The average Bonchev–Trinajstić information content (AvgIpc) is 3.20. The van der Waals surface area contributed by atoms with Gasteiger partial charge in [0.05, 0.1) is 0 Å². The summed E-state index contributed by atoms with van der Waals surface area (Å²) in [7, 11) is 0. The van der Waals surface area contributed by atoms with Gasteiger partial charge in [-0.25, -0.2) is 14.6 Å². The molecule has 3 rings (SSSR count). The maximum Gasteiger partial charge on any atom is 0.410 e. The first kappa shape index (κ1) is 16.0. The fourth-order valence-corrected chi connectivity index (χ4v) is 2.80. The lowest BCUT2D eigenvalue weighted by Crippen LogP contribution is -2.31. The maximum atomic E-state index is 12.3. The number of hydrogen-bond acceptors (Lipinski definition) is 5. The van der Waals surface area contributed by atoms with Gasteiger partial charge in [0.25, 0.3) is 0 Å². The quantitative estimate of drug-likeness (QED) is 0.925. The summed E-state index contributed by atoms with van der Waals surface area (Å²) in [5, 5.41) is 9.08. The third-order valence-electron chi connectivity index (χ3n) is 3.99. The summed E-state index contributed by atoms with van der Waals surface area (Å²) < 4.78 is 10.8. The first-order valence-electron chi connectivity index (χ1n) is 7.74. The number of benzene rings is 1. The maximum absolute atomic E-state index is 12.3. The molecule has 0 aliphatic carbocycles. The molecule has 0 radical (unpaired) electrons. The van der Waals surface area contributed by atoms with Crippen LogP contribution in [0.4, 0.5) is 4.79 Å². The van der Waals surface area contributed by atoms with E-state index in [1.54, 1.807) is 11.8 Å². The first-order chi connectivity index (χ1) is 11.6. The van der Waals surface area contributed by atoms with Crippen LogP contribution in [0.3, 0.4) is 0 Å². The molecule has 24 heavy (non-hydrogen) atoms. The minimum Gasteiger partial charge on any atom is -0.476 e. The summed E-state index contributed by atoms with van der Waals surface area (Å²) in [6, 6.07) is 9.03. The van der Waals surface area contributed by atoms with Crippen LogP contribution in [0.15, 0.2) is 34.7 Å². The number of carboxylic acids is 1. The number of hydrogen-bond donors (Lipinski definition) is 1. The average molecular weight is 330 g/mol. The van der Waals surface area contributed by atoms with Crippen molar-refractivity contribution in [1.82, 2.24) is 9.88 Å². The number of nitrogens with zero attached hydrogens (tertiary/aromatic N) is 2. The Morgan fingerprint density at radius 1 is 1.38 bits per heavy atom. The van der Waals surface area contributed by atoms with Crippen LogP contribution in [-0.2, 0) is 11.3 Å². The van der Waals surface area contributed by atoms with E-state index in [1.807, 2.05) is 30.3 Å². The predicted octanol–water partition coefficient (Wildman–Crippen LogP) is 3.15. The molecule has 1 aliphatic rings. The standard InChI is InChI=1S/C17H18N2O5/c1-11-14(16(20)21)18-15(24-11)13-8-5-9-19(13)17(22)23-10-12-6-3-2-4-7-12/h2-4,6-7,13H,5,8-10H2,1H3,(H,20,21)/t13-/m0/s1. The number of oxazole rings is 1. The topological polar surface area (TPSA) is 92.9 Å². The number of amides is 1. The van der Waals surface area contributed by atoms with Gasteiger partial charge < -0.3 is 14.3 Å². The van der Waals surface area contributed by atoms with Crippen molar-refractivity contribution in [3.63, 3.8) is 0 Å². The van der Waals surface area contributed by atoms with Gasteiger partial charge in [0.2, 0.25) is 5.89 Å². The van der Waals surface area contributed by atoms with Crippen molar-refractivity contribution >= 4 is 12.1 Å². The zero-order chi connectivity index (χ0) is 17.1. The van der Waals surface area contributed by atoms with Gasteiger partial charge >= 0.3 is 12.1 Å². The van der Waals surface area contributed by atoms with Crippen molar-refractivity contribution < 1.29 is 23.8 Å². The molecular formula is C17H18N2O5. The Labute approximate surface area is 138 Å². The second kappa shape index (κ2) is 6.74. The molecule has 1 fully saturated rings. The molecule has 0 spiro atoms. The van der Waals surface area contributed by atoms with E-state index in [1.165, 1.54) is 0 Å². The van der Waals surface area contributed by atoms with Crippen LogP contribution < -0.4 is 0 Å². The number of carboxylic acid groups (broad SMARTS) is 1. The molecule has 0 bridgehead atoms. The number of carbonyl (C=O) groups is 2. The summed E-state index contributed by atoms with van der Waals surface area (Å²) in [6.45, 7) is 2.27. The molecule has 1 N–H and O–H groups in total. The number of rotatable bonds is 4. The molecule has 1 aromatic carbocycles. The highest BCUT2D eigenvalue weighted by Gasteiger charge is 2.35. The number of aromatic carboxylic acids is 1. The molecule has 2 heterocycles. The second-order valence-corrected chi connectivity index (χ2v) is 5.65. The van der Waals surface area contributed by atoms with Gasteiger partial charge in [0.1, 0.15) is 18.4 Å². The highest BCUT2D eigenvalue weighted by atomic mass is 16.6. The van der Waals surface area contributed by atoms with Crippen molar-refractivity contribution in [2.24, 2.45) is 0 Å². The molecule has 7 heteroatoms. The Balaban J connectivity index is 1.69. The smallest absolute Gasteiger partial charge is 0.410 e. The SMILES string of the molecule is Cc1oc([C@@H]2CCCN2C(=O)OCc2ccccc2)nc1C(=O)O. The largest absolute Gasteiger partial charge is 0.476 e. The second-order valence-electron chi connectivity index (χ2n) is 5.65. The van der Waals surface area contributed by atoms with Gasteiger partial charge in [0, 0.05) is 6.54 Å². The van der Waals surface area contributed by atoms with E-state index in [-0.39, 0.29) is 30.0 Å². The number of likely N-dealkylation sites (tertiary alicyclic amines) is 1. The van der Waals surface area contributed by atoms with Crippen LogP contribution in [0.5, 0.6) is 0 Å². The Morgan fingerprint density at radius 2 is 2.12 bits per heavy atom. The molecule has 0 saturated carbocycles. The van der Waals surface area contributed by atoms with E-state index in [0.717, 1.165) is 12.0 Å². The molecule has 1 amide bonds.